The number of hydrogen-bond acceptors (Lipinski definition) is 3. The van der Waals surface area contributed by atoms with Crippen molar-refractivity contribution >= 4 is 11.9 Å². The fourth-order valence-electron chi connectivity index (χ4n) is 2.35. The minimum atomic E-state index is -1.04. The molecule has 0 aliphatic rings. The molecule has 1 aromatic rings. The second kappa shape index (κ2) is 7.99. The molecule has 2 N–H and O–H groups in total. The molecule has 5 heteroatoms. The smallest absolute Gasteiger partial charge is 0.326 e. The lowest BCUT2D eigenvalue weighted by molar-refractivity contribution is -0.144. The standard InChI is InChI=1S/C18H27NO4/c1-10(2)14(18(21)22)19-17(20)15(11(3)4)23-16-12(5)8-7-9-13(16)6/h7-11,14-15H,1-6H3,(H,19,20)(H,21,22). The van der Waals surface area contributed by atoms with E-state index in [1.54, 1.807) is 13.8 Å². The predicted octanol–water partition coefficient (Wildman–Crippen LogP) is 2.93. The van der Waals surface area contributed by atoms with Gasteiger partial charge < -0.3 is 15.2 Å². The van der Waals surface area contributed by atoms with Gasteiger partial charge in [-0.1, -0.05) is 45.9 Å². The zero-order chi connectivity index (χ0) is 17.7. The molecular weight excluding hydrogens is 294 g/mol. The second-order valence-electron chi connectivity index (χ2n) is 6.57. The lowest BCUT2D eigenvalue weighted by Gasteiger charge is -2.26. The van der Waals surface area contributed by atoms with Gasteiger partial charge in [-0.3, -0.25) is 4.79 Å². The first-order valence-electron chi connectivity index (χ1n) is 7.91. The van der Waals surface area contributed by atoms with Crippen LogP contribution in [0.4, 0.5) is 0 Å². The Hall–Kier alpha value is -2.04. The molecule has 0 saturated heterocycles. The Labute approximate surface area is 138 Å². The van der Waals surface area contributed by atoms with E-state index in [1.807, 2.05) is 45.9 Å². The number of aryl methyl sites for hydroxylation is 2. The van der Waals surface area contributed by atoms with Gasteiger partial charge in [-0.2, -0.15) is 0 Å². The summed E-state index contributed by atoms with van der Waals surface area (Å²) < 4.78 is 5.95. The average Bonchev–Trinajstić information content (AvgIpc) is 2.43. The van der Waals surface area contributed by atoms with Crippen molar-refractivity contribution in [2.24, 2.45) is 11.8 Å². The Balaban J connectivity index is 2.98. The highest BCUT2D eigenvalue weighted by molar-refractivity contribution is 5.86. The molecule has 23 heavy (non-hydrogen) atoms. The van der Waals surface area contributed by atoms with Crippen molar-refractivity contribution in [1.29, 1.82) is 0 Å². The van der Waals surface area contributed by atoms with E-state index < -0.39 is 24.0 Å². The first-order chi connectivity index (χ1) is 10.6. The lowest BCUT2D eigenvalue weighted by Crippen LogP contribution is -2.51. The lowest BCUT2D eigenvalue weighted by atomic mass is 10.0. The Kier molecular flexibility index (Phi) is 6.61. The molecule has 0 heterocycles. The van der Waals surface area contributed by atoms with Gasteiger partial charge in [0, 0.05) is 0 Å². The summed E-state index contributed by atoms with van der Waals surface area (Å²) in [6.45, 7) is 11.1. The summed E-state index contributed by atoms with van der Waals surface area (Å²) in [4.78, 5) is 23.8. The van der Waals surface area contributed by atoms with Gasteiger partial charge >= 0.3 is 5.97 Å². The van der Waals surface area contributed by atoms with Crippen LogP contribution in [0.15, 0.2) is 18.2 Å². The third-order valence-corrected chi connectivity index (χ3v) is 3.75. The summed E-state index contributed by atoms with van der Waals surface area (Å²) in [7, 11) is 0. The van der Waals surface area contributed by atoms with E-state index in [-0.39, 0.29) is 11.8 Å². The van der Waals surface area contributed by atoms with Crippen molar-refractivity contribution in [3.8, 4) is 5.75 Å². The van der Waals surface area contributed by atoms with Crippen LogP contribution >= 0.6 is 0 Å². The van der Waals surface area contributed by atoms with Crippen LogP contribution in [0, 0.1) is 25.7 Å². The normalized spacial score (nSPS) is 13.7. The van der Waals surface area contributed by atoms with E-state index in [1.165, 1.54) is 0 Å². The van der Waals surface area contributed by atoms with Crippen molar-refractivity contribution in [1.82, 2.24) is 5.32 Å². The summed E-state index contributed by atoms with van der Waals surface area (Å²) in [6.07, 6.45) is -0.740. The largest absolute Gasteiger partial charge is 0.480 e. The van der Waals surface area contributed by atoms with Gasteiger partial charge in [-0.15, -0.1) is 0 Å². The monoisotopic (exact) mass is 321 g/mol. The highest BCUT2D eigenvalue weighted by Crippen LogP contribution is 2.25. The van der Waals surface area contributed by atoms with Gasteiger partial charge in [0.05, 0.1) is 0 Å². The number of carboxylic acid groups (broad SMARTS) is 1. The van der Waals surface area contributed by atoms with Crippen LogP contribution in [0.1, 0.15) is 38.8 Å². The number of carbonyl (C=O) groups is 2. The van der Waals surface area contributed by atoms with Crippen molar-refractivity contribution in [2.75, 3.05) is 0 Å². The van der Waals surface area contributed by atoms with E-state index in [9.17, 15) is 14.7 Å². The van der Waals surface area contributed by atoms with Crippen LogP contribution in [-0.2, 0) is 9.59 Å². The number of aliphatic carboxylic acids is 1. The molecular formula is C18H27NO4. The molecule has 0 aliphatic heterocycles. The maximum absolute atomic E-state index is 12.5. The molecule has 1 aromatic carbocycles. The van der Waals surface area contributed by atoms with Gasteiger partial charge in [-0.25, -0.2) is 4.79 Å². The third kappa shape index (κ3) is 4.98. The maximum atomic E-state index is 12.5. The number of carbonyl (C=O) groups excluding carboxylic acids is 1. The SMILES string of the molecule is Cc1cccc(C)c1OC(C(=O)NC(C(=O)O)C(C)C)C(C)C. The van der Waals surface area contributed by atoms with Crippen molar-refractivity contribution in [3.05, 3.63) is 29.3 Å². The zero-order valence-electron chi connectivity index (χ0n) is 14.7. The summed E-state index contributed by atoms with van der Waals surface area (Å²) in [5, 5.41) is 11.8. The topological polar surface area (TPSA) is 75.6 Å². The minimum absolute atomic E-state index is 0.0874. The fourth-order valence-corrected chi connectivity index (χ4v) is 2.35. The predicted molar refractivity (Wildman–Crippen MR) is 89.6 cm³/mol. The molecule has 1 amide bonds. The van der Waals surface area contributed by atoms with Crippen LogP contribution in [0.5, 0.6) is 5.75 Å². The van der Waals surface area contributed by atoms with Crippen LogP contribution in [0.25, 0.3) is 0 Å². The molecule has 0 spiro atoms. The Morgan fingerprint density at radius 1 is 1.04 bits per heavy atom. The van der Waals surface area contributed by atoms with Gasteiger partial charge in [-0.05, 0) is 36.8 Å². The Bertz CT molecular complexity index is 546. The summed E-state index contributed by atoms with van der Waals surface area (Å²) in [5.74, 6) is -1.05. The first-order valence-corrected chi connectivity index (χ1v) is 7.91. The van der Waals surface area contributed by atoms with Gasteiger partial charge in [0.15, 0.2) is 6.10 Å². The maximum Gasteiger partial charge on any atom is 0.326 e. The Morgan fingerprint density at radius 3 is 1.96 bits per heavy atom. The number of nitrogens with one attached hydrogen (secondary N) is 1. The number of carboxylic acids is 1. The fraction of sp³-hybridized carbons (Fsp3) is 0.556. The number of amides is 1. The van der Waals surface area contributed by atoms with Crippen molar-refractivity contribution in [3.63, 3.8) is 0 Å². The summed E-state index contributed by atoms with van der Waals surface area (Å²) in [6, 6.07) is 4.85. The molecule has 2 unspecified atom stereocenters. The number of hydrogen-bond donors (Lipinski definition) is 2. The molecule has 0 saturated carbocycles. The molecule has 0 fully saturated rings. The average molecular weight is 321 g/mol. The molecule has 0 aliphatic carbocycles. The van der Waals surface area contributed by atoms with Gasteiger partial charge in [0.2, 0.25) is 0 Å². The second-order valence-corrected chi connectivity index (χ2v) is 6.57. The minimum Gasteiger partial charge on any atom is -0.480 e. The van der Waals surface area contributed by atoms with Crippen molar-refractivity contribution < 1.29 is 19.4 Å². The molecule has 0 bridgehead atoms. The molecule has 128 valence electrons. The highest BCUT2D eigenvalue weighted by Gasteiger charge is 2.31. The van der Waals surface area contributed by atoms with E-state index >= 15 is 0 Å². The molecule has 0 aromatic heterocycles. The van der Waals surface area contributed by atoms with Crippen molar-refractivity contribution in [2.45, 2.75) is 53.7 Å². The summed E-state index contributed by atoms with van der Waals surface area (Å²) >= 11 is 0. The van der Waals surface area contributed by atoms with E-state index in [4.69, 9.17) is 4.74 Å². The zero-order valence-corrected chi connectivity index (χ0v) is 14.7. The number of benzene rings is 1. The quantitative estimate of drug-likeness (QED) is 0.809. The number of rotatable bonds is 7. The van der Waals surface area contributed by atoms with E-state index in [0.29, 0.717) is 5.75 Å². The highest BCUT2D eigenvalue weighted by atomic mass is 16.5. The van der Waals surface area contributed by atoms with Gasteiger partial charge in [0.1, 0.15) is 11.8 Å². The Morgan fingerprint density at radius 2 is 1.57 bits per heavy atom. The molecule has 1 rings (SSSR count). The van der Waals surface area contributed by atoms with E-state index in [2.05, 4.69) is 5.32 Å². The van der Waals surface area contributed by atoms with Crippen LogP contribution in [0.3, 0.4) is 0 Å². The van der Waals surface area contributed by atoms with Crippen LogP contribution < -0.4 is 10.1 Å². The number of ether oxygens (including phenoxy) is 1. The molecule has 0 radical (unpaired) electrons. The molecule has 5 nitrogen and oxygen atoms in total. The first kappa shape index (κ1) is 19.0. The van der Waals surface area contributed by atoms with Crippen LogP contribution in [0.2, 0.25) is 0 Å². The van der Waals surface area contributed by atoms with E-state index in [0.717, 1.165) is 11.1 Å². The van der Waals surface area contributed by atoms with Gasteiger partial charge in [0.25, 0.3) is 5.91 Å². The molecule has 2 atom stereocenters. The third-order valence-electron chi connectivity index (χ3n) is 3.75. The summed E-state index contributed by atoms with van der Waals surface area (Å²) in [5.41, 5.74) is 1.89. The van der Waals surface area contributed by atoms with Crippen LogP contribution in [-0.4, -0.2) is 29.1 Å². The number of para-hydroxylation sites is 1.